The van der Waals surface area contributed by atoms with Gasteiger partial charge in [0.25, 0.3) is 0 Å². The molecule has 0 spiro atoms. The van der Waals surface area contributed by atoms with Crippen LogP contribution in [0.4, 0.5) is 0 Å². The molecule has 0 saturated carbocycles. The fraction of sp³-hybridized carbons (Fsp3) is 0.133. The van der Waals surface area contributed by atoms with Gasteiger partial charge in [-0.1, -0.05) is 6.07 Å². The van der Waals surface area contributed by atoms with E-state index in [1.807, 2.05) is 0 Å². The maximum Gasteiger partial charge on any atom is 0.335 e. The van der Waals surface area contributed by atoms with Crippen LogP contribution in [0.15, 0.2) is 36.4 Å². The Hall–Kier alpha value is -2.93. The number of aromatic nitrogens is 3. The molecule has 3 N–H and O–H groups in total. The number of carboxylic acid groups (broad SMARTS) is 1. The maximum atomic E-state index is 11.0. The summed E-state index contributed by atoms with van der Waals surface area (Å²) < 4.78 is 0. The van der Waals surface area contributed by atoms with Crippen molar-refractivity contribution in [3.63, 3.8) is 0 Å². The van der Waals surface area contributed by atoms with E-state index in [2.05, 4.69) is 10.2 Å². The lowest BCUT2D eigenvalue weighted by Crippen LogP contribution is -2.01. The molecule has 0 saturated heterocycles. The third-order valence-corrected chi connectivity index (χ3v) is 3.28. The van der Waals surface area contributed by atoms with E-state index in [0.29, 0.717) is 23.1 Å². The number of benzene rings is 2. The van der Waals surface area contributed by atoms with Gasteiger partial charge in [0.15, 0.2) is 0 Å². The zero-order chi connectivity index (χ0) is 15.7. The molecule has 3 aromatic rings. The number of aromatic hydroxyl groups is 1. The van der Waals surface area contributed by atoms with Gasteiger partial charge in [-0.25, -0.2) is 4.79 Å². The Morgan fingerprint density at radius 1 is 1.09 bits per heavy atom. The molecule has 7 nitrogen and oxygen atoms in total. The fourth-order valence-corrected chi connectivity index (χ4v) is 2.17. The molecular formula is C15H13N3O4. The number of nitrogens with zero attached hydrogens (tertiary/aromatic N) is 3. The van der Waals surface area contributed by atoms with Crippen molar-refractivity contribution in [1.29, 1.82) is 0 Å². The molecule has 3 rings (SSSR count). The van der Waals surface area contributed by atoms with Crippen molar-refractivity contribution in [3.05, 3.63) is 47.5 Å². The van der Waals surface area contributed by atoms with E-state index in [4.69, 9.17) is 10.2 Å². The van der Waals surface area contributed by atoms with Crippen molar-refractivity contribution in [1.82, 2.24) is 15.0 Å². The van der Waals surface area contributed by atoms with Gasteiger partial charge in [0.05, 0.1) is 5.56 Å². The summed E-state index contributed by atoms with van der Waals surface area (Å²) in [6.07, 6.45) is 0.456. The Labute approximate surface area is 125 Å². The topological polar surface area (TPSA) is 108 Å². The molecule has 0 atom stereocenters. The van der Waals surface area contributed by atoms with Crippen LogP contribution in [0.25, 0.3) is 16.7 Å². The van der Waals surface area contributed by atoms with E-state index in [9.17, 15) is 9.90 Å². The van der Waals surface area contributed by atoms with Gasteiger partial charge in [0, 0.05) is 6.61 Å². The molecule has 0 amide bonds. The number of hydrogen-bond donors (Lipinski definition) is 3. The first-order chi connectivity index (χ1) is 10.6. The molecule has 22 heavy (non-hydrogen) atoms. The lowest BCUT2D eigenvalue weighted by Gasteiger charge is -2.05. The number of hydrogen-bond acceptors (Lipinski definition) is 5. The van der Waals surface area contributed by atoms with Gasteiger partial charge in [-0.2, -0.15) is 0 Å². The molecule has 2 aromatic carbocycles. The van der Waals surface area contributed by atoms with E-state index in [1.165, 1.54) is 23.0 Å². The molecule has 0 aliphatic heterocycles. The number of aromatic carboxylic acids is 1. The summed E-state index contributed by atoms with van der Waals surface area (Å²) in [5.41, 5.74) is 2.28. The quantitative estimate of drug-likeness (QED) is 0.671. The highest BCUT2D eigenvalue weighted by atomic mass is 16.4. The fourth-order valence-electron chi connectivity index (χ4n) is 2.17. The molecule has 1 aromatic heterocycles. The average Bonchev–Trinajstić information content (AvgIpc) is 2.92. The molecule has 1 heterocycles. The van der Waals surface area contributed by atoms with Crippen LogP contribution in [0.5, 0.6) is 5.75 Å². The summed E-state index contributed by atoms with van der Waals surface area (Å²) in [6, 6.07) is 9.35. The summed E-state index contributed by atoms with van der Waals surface area (Å²) in [5.74, 6) is -1.04. The second kappa shape index (κ2) is 5.45. The number of rotatable bonds is 4. The van der Waals surface area contributed by atoms with Crippen LogP contribution in [0.2, 0.25) is 0 Å². The summed E-state index contributed by atoms with van der Waals surface area (Å²) in [5, 5.41) is 36.4. The average molecular weight is 299 g/mol. The van der Waals surface area contributed by atoms with Crippen molar-refractivity contribution in [2.75, 3.05) is 6.61 Å². The van der Waals surface area contributed by atoms with Gasteiger partial charge in [-0.15, -0.1) is 15.0 Å². The van der Waals surface area contributed by atoms with Crippen LogP contribution < -0.4 is 0 Å². The first kappa shape index (κ1) is 14.0. The number of fused-ring (bicyclic) bond motifs is 1. The van der Waals surface area contributed by atoms with E-state index >= 15 is 0 Å². The van der Waals surface area contributed by atoms with Crippen molar-refractivity contribution in [2.24, 2.45) is 0 Å². The van der Waals surface area contributed by atoms with Gasteiger partial charge < -0.3 is 15.3 Å². The highest BCUT2D eigenvalue weighted by molar-refractivity contribution is 5.92. The normalized spacial score (nSPS) is 11.0. The third kappa shape index (κ3) is 2.49. The smallest absolute Gasteiger partial charge is 0.335 e. The standard InChI is InChI=1S/C15H13N3O4/c19-6-5-9-1-4-14(20)13(7-9)18-16-11-3-2-10(15(21)22)8-12(11)17-18/h1-4,7-8,19-20H,5-6H2,(H,21,22). The maximum absolute atomic E-state index is 11.0. The Kier molecular flexibility index (Phi) is 3.48. The number of aliphatic hydroxyl groups excluding tert-OH is 1. The minimum atomic E-state index is -1.04. The number of carbonyl (C=O) groups is 1. The predicted octanol–water partition coefficient (Wildman–Crippen LogP) is 1.36. The molecule has 0 aliphatic carbocycles. The van der Waals surface area contributed by atoms with Gasteiger partial charge in [-0.05, 0) is 42.3 Å². The Morgan fingerprint density at radius 2 is 1.86 bits per heavy atom. The molecule has 0 aliphatic rings. The second-order valence-electron chi connectivity index (χ2n) is 4.79. The number of carboxylic acids is 1. The monoisotopic (exact) mass is 299 g/mol. The highest BCUT2D eigenvalue weighted by Crippen LogP contribution is 2.23. The first-order valence-electron chi connectivity index (χ1n) is 6.62. The molecule has 112 valence electrons. The van der Waals surface area contributed by atoms with E-state index in [0.717, 1.165) is 5.56 Å². The van der Waals surface area contributed by atoms with Crippen molar-refractivity contribution < 1.29 is 20.1 Å². The summed E-state index contributed by atoms with van der Waals surface area (Å²) in [4.78, 5) is 12.2. The van der Waals surface area contributed by atoms with Gasteiger partial charge in [0.2, 0.25) is 0 Å². The van der Waals surface area contributed by atoms with Gasteiger partial charge in [0.1, 0.15) is 22.5 Å². The molecular weight excluding hydrogens is 286 g/mol. The molecule has 0 unspecified atom stereocenters. The zero-order valence-corrected chi connectivity index (χ0v) is 11.5. The number of phenols is 1. The van der Waals surface area contributed by atoms with Crippen LogP contribution in [-0.2, 0) is 6.42 Å². The van der Waals surface area contributed by atoms with Crippen LogP contribution in [0, 0.1) is 0 Å². The Morgan fingerprint density at radius 3 is 2.59 bits per heavy atom. The van der Waals surface area contributed by atoms with Crippen LogP contribution in [0.3, 0.4) is 0 Å². The second-order valence-corrected chi connectivity index (χ2v) is 4.79. The van der Waals surface area contributed by atoms with Crippen LogP contribution >= 0.6 is 0 Å². The summed E-state index contributed by atoms with van der Waals surface area (Å²) in [6.45, 7) is 0.000693. The summed E-state index contributed by atoms with van der Waals surface area (Å²) >= 11 is 0. The lowest BCUT2D eigenvalue weighted by atomic mass is 10.1. The van der Waals surface area contributed by atoms with Crippen molar-refractivity contribution in [2.45, 2.75) is 6.42 Å². The van der Waals surface area contributed by atoms with Crippen molar-refractivity contribution >= 4 is 17.0 Å². The van der Waals surface area contributed by atoms with E-state index in [-0.39, 0.29) is 17.9 Å². The predicted molar refractivity (Wildman–Crippen MR) is 78.3 cm³/mol. The first-order valence-corrected chi connectivity index (χ1v) is 6.62. The molecule has 0 fully saturated rings. The van der Waals surface area contributed by atoms with Gasteiger partial charge >= 0.3 is 5.97 Å². The summed E-state index contributed by atoms with van der Waals surface area (Å²) in [7, 11) is 0. The van der Waals surface area contributed by atoms with Crippen molar-refractivity contribution in [3.8, 4) is 11.4 Å². The van der Waals surface area contributed by atoms with E-state index in [1.54, 1.807) is 18.2 Å². The van der Waals surface area contributed by atoms with Gasteiger partial charge in [-0.3, -0.25) is 0 Å². The number of phenolic OH excluding ortho intramolecular Hbond substituents is 1. The number of aliphatic hydroxyl groups is 1. The molecule has 0 bridgehead atoms. The molecule has 7 heteroatoms. The Bertz CT molecular complexity index is 857. The Balaban J connectivity index is 2.10. The van der Waals surface area contributed by atoms with Crippen LogP contribution in [0.1, 0.15) is 15.9 Å². The van der Waals surface area contributed by atoms with E-state index < -0.39 is 5.97 Å². The minimum Gasteiger partial charge on any atom is -0.506 e. The zero-order valence-electron chi connectivity index (χ0n) is 11.5. The lowest BCUT2D eigenvalue weighted by molar-refractivity contribution is 0.0697. The SMILES string of the molecule is O=C(O)c1ccc2nn(-c3cc(CCO)ccc3O)nc2c1. The molecule has 0 radical (unpaired) electrons. The third-order valence-electron chi connectivity index (χ3n) is 3.28. The highest BCUT2D eigenvalue weighted by Gasteiger charge is 2.12. The van der Waals surface area contributed by atoms with Crippen LogP contribution in [-0.4, -0.2) is 42.9 Å². The largest absolute Gasteiger partial charge is 0.506 e. The minimum absolute atomic E-state index is 0.000420.